The second kappa shape index (κ2) is 6.09. The van der Waals surface area contributed by atoms with E-state index < -0.39 is 11.2 Å². The number of amides is 1. The lowest BCUT2D eigenvalue weighted by Crippen LogP contribution is -2.45. The van der Waals surface area contributed by atoms with E-state index in [2.05, 4.69) is 10.2 Å². The fourth-order valence-electron chi connectivity index (χ4n) is 3.39. The summed E-state index contributed by atoms with van der Waals surface area (Å²) in [6.07, 6.45) is 2.06. The average molecular weight is 321 g/mol. The van der Waals surface area contributed by atoms with E-state index in [-0.39, 0.29) is 23.7 Å². The van der Waals surface area contributed by atoms with Gasteiger partial charge in [0, 0.05) is 25.7 Å². The van der Waals surface area contributed by atoms with E-state index in [4.69, 9.17) is 5.73 Å². The molecule has 3 rings (SSSR count). The maximum Gasteiger partial charge on any atom is 0.230 e. The Morgan fingerprint density at radius 1 is 1.57 bits per heavy atom. The van der Waals surface area contributed by atoms with Crippen LogP contribution in [0.25, 0.3) is 0 Å². The van der Waals surface area contributed by atoms with E-state index in [1.165, 1.54) is 6.07 Å². The lowest BCUT2D eigenvalue weighted by molar-refractivity contribution is -0.124. The molecule has 0 aromatic heterocycles. The highest BCUT2D eigenvalue weighted by atomic mass is 19.1. The molecule has 23 heavy (non-hydrogen) atoms. The first-order valence-electron chi connectivity index (χ1n) is 8.17. The number of benzene rings is 1. The van der Waals surface area contributed by atoms with Gasteiger partial charge in [-0.25, -0.2) is 4.39 Å². The third kappa shape index (κ3) is 3.33. The molecule has 126 valence electrons. The van der Waals surface area contributed by atoms with Gasteiger partial charge in [-0.15, -0.1) is 0 Å². The summed E-state index contributed by atoms with van der Waals surface area (Å²) in [5, 5.41) is 12.6. The normalized spacial score (nSPS) is 24.4. The number of nitrogen functional groups attached to an aromatic ring is 1. The number of aliphatic hydroxyl groups excluding tert-OH is 1. The molecule has 2 aliphatic rings. The number of halogens is 1. The van der Waals surface area contributed by atoms with Crippen molar-refractivity contribution in [3.05, 3.63) is 29.6 Å². The van der Waals surface area contributed by atoms with Crippen LogP contribution in [0, 0.1) is 5.82 Å². The van der Waals surface area contributed by atoms with Crippen LogP contribution in [0.5, 0.6) is 0 Å². The van der Waals surface area contributed by atoms with Crippen molar-refractivity contribution in [3.63, 3.8) is 0 Å². The molecule has 5 nitrogen and oxygen atoms in total. The first-order chi connectivity index (χ1) is 10.9. The smallest absolute Gasteiger partial charge is 0.230 e. The van der Waals surface area contributed by atoms with Crippen LogP contribution in [0.15, 0.2) is 18.2 Å². The van der Waals surface area contributed by atoms with Crippen LogP contribution in [-0.4, -0.2) is 47.7 Å². The monoisotopic (exact) mass is 321 g/mol. The molecular weight excluding hydrogens is 297 g/mol. The van der Waals surface area contributed by atoms with Crippen molar-refractivity contribution >= 4 is 11.6 Å². The Morgan fingerprint density at radius 2 is 2.30 bits per heavy atom. The molecule has 1 saturated heterocycles. The molecule has 2 fully saturated rings. The maximum absolute atomic E-state index is 13.3. The van der Waals surface area contributed by atoms with Crippen molar-refractivity contribution in [1.29, 1.82) is 0 Å². The minimum Gasteiger partial charge on any atom is -0.396 e. The summed E-state index contributed by atoms with van der Waals surface area (Å²) in [4.78, 5) is 14.8. The number of nitrogens with two attached hydrogens (primary N) is 1. The topological polar surface area (TPSA) is 78.6 Å². The molecule has 0 bridgehead atoms. The Bertz CT molecular complexity index is 604. The number of hydrogen-bond donors (Lipinski definition) is 3. The van der Waals surface area contributed by atoms with Gasteiger partial charge in [0.2, 0.25) is 5.91 Å². The first kappa shape index (κ1) is 16.2. The van der Waals surface area contributed by atoms with E-state index >= 15 is 0 Å². The Kier molecular flexibility index (Phi) is 4.29. The molecule has 1 saturated carbocycles. The zero-order valence-corrected chi connectivity index (χ0v) is 13.4. The molecule has 0 radical (unpaired) electrons. The number of likely N-dealkylation sites (tertiary alicyclic amines) is 1. The van der Waals surface area contributed by atoms with Crippen molar-refractivity contribution in [2.24, 2.45) is 0 Å². The molecule has 1 aliphatic heterocycles. The van der Waals surface area contributed by atoms with Crippen molar-refractivity contribution in [1.82, 2.24) is 10.2 Å². The molecule has 4 N–H and O–H groups in total. The zero-order chi connectivity index (χ0) is 16.6. The molecule has 1 aromatic rings. The van der Waals surface area contributed by atoms with Gasteiger partial charge in [0.1, 0.15) is 5.82 Å². The SMILES string of the molecule is CC(CN1CCC(O)C1)NC(=O)C1(c2ccc(F)c(N)c2)CC1. The average Bonchev–Trinajstić information content (AvgIpc) is 3.21. The maximum atomic E-state index is 13.3. The highest BCUT2D eigenvalue weighted by Gasteiger charge is 2.51. The van der Waals surface area contributed by atoms with Gasteiger partial charge in [-0.2, -0.15) is 0 Å². The van der Waals surface area contributed by atoms with Gasteiger partial charge in [0.25, 0.3) is 0 Å². The number of carbonyl (C=O) groups excluding carboxylic acids is 1. The number of nitrogens with zero attached hydrogens (tertiary/aromatic N) is 1. The van der Waals surface area contributed by atoms with Gasteiger partial charge in [-0.05, 0) is 43.9 Å². The number of carbonyl (C=O) groups is 1. The highest BCUT2D eigenvalue weighted by Crippen LogP contribution is 2.49. The molecule has 6 heteroatoms. The van der Waals surface area contributed by atoms with Gasteiger partial charge in [0.15, 0.2) is 0 Å². The Hall–Kier alpha value is -1.66. The van der Waals surface area contributed by atoms with E-state index in [0.717, 1.165) is 37.9 Å². The molecule has 1 amide bonds. The molecule has 1 aliphatic carbocycles. The van der Waals surface area contributed by atoms with E-state index in [1.54, 1.807) is 12.1 Å². The summed E-state index contributed by atoms with van der Waals surface area (Å²) >= 11 is 0. The Morgan fingerprint density at radius 3 is 2.87 bits per heavy atom. The van der Waals surface area contributed by atoms with Gasteiger partial charge in [-0.1, -0.05) is 6.07 Å². The largest absolute Gasteiger partial charge is 0.396 e. The summed E-state index contributed by atoms with van der Waals surface area (Å²) in [5.74, 6) is -0.471. The second-order valence-electron chi connectivity index (χ2n) is 6.89. The summed E-state index contributed by atoms with van der Waals surface area (Å²) in [6.45, 7) is 4.23. The Labute approximate surface area is 135 Å². The molecule has 2 unspecified atom stereocenters. The van der Waals surface area contributed by atoms with Crippen LogP contribution in [0.1, 0.15) is 31.7 Å². The Balaban J connectivity index is 1.62. The second-order valence-corrected chi connectivity index (χ2v) is 6.89. The predicted octanol–water partition coefficient (Wildman–Crippen LogP) is 1.01. The van der Waals surface area contributed by atoms with Crippen molar-refractivity contribution in [2.45, 2.75) is 43.7 Å². The molecule has 1 aromatic carbocycles. The number of nitrogens with one attached hydrogen (secondary N) is 1. The van der Waals surface area contributed by atoms with Gasteiger partial charge >= 0.3 is 0 Å². The number of β-amino-alcohol motifs (C(OH)–C–C–N with tert-alkyl or cyclic N) is 1. The third-order valence-electron chi connectivity index (χ3n) is 4.89. The number of rotatable bonds is 5. The van der Waals surface area contributed by atoms with E-state index in [0.29, 0.717) is 6.54 Å². The van der Waals surface area contributed by atoms with Gasteiger partial charge in [-0.3, -0.25) is 9.69 Å². The fourth-order valence-corrected chi connectivity index (χ4v) is 3.39. The van der Waals surface area contributed by atoms with Crippen molar-refractivity contribution in [3.8, 4) is 0 Å². The highest BCUT2D eigenvalue weighted by molar-refractivity contribution is 5.91. The summed E-state index contributed by atoms with van der Waals surface area (Å²) in [7, 11) is 0. The van der Waals surface area contributed by atoms with E-state index in [1.807, 2.05) is 6.92 Å². The predicted molar refractivity (Wildman–Crippen MR) is 86.4 cm³/mol. The molecule has 0 spiro atoms. The summed E-state index contributed by atoms with van der Waals surface area (Å²) in [6, 6.07) is 4.55. The van der Waals surface area contributed by atoms with Crippen LogP contribution >= 0.6 is 0 Å². The first-order valence-corrected chi connectivity index (χ1v) is 8.17. The third-order valence-corrected chi connectivity index (χ3v) is 4.89. The van der Waals surface area contributed by atoms with Crippen LogP contribution < -0.4 is 11.1 Å². The zero-order valence-electron chi connectivity index (χ0n) is 13.4. The van der Waals surface area contributed by atoms with Crippen LogP contribution in [0.2, 0.25) is 0 Å². The fraction of sp³-hybridized carbons (Fsp3) is 0.588. The molecule has 1 heterocycles. The standard InChI is InChI=1S/C17H24FN3O2/c1-11(9-21-7-4-13(22)10-21)20-16(23)17(5-6-17)12-2-3-14(18)15(19)8-12/h2-3,8,11,13,22H,4-7,9-10,19H2,1H3,(H,20,23). The molecule has 2 atom stereocenters. The molecular formula is C17H24FN3O2. The van der Waals surface area contributed by atoms with Crippen LogP contribution in [0.4, 0.5) is 10.1 Å². The van der Waals surface area contributed by atoms with Crippen LogP contribution in [0.3, 0.4) is 0 Å². The van der Waals surface area contributed by atoms with Gasteiger partial charge in [0.05, 0.1) is 17.2 Å². The quantitative estimate of drug-likeness (QED) is 0.707. The number of aliphatic hydroxyl groups is 1. The van der Waals surface area contributed by atoms with Crippen LogP contribution in [-0.2, 0) is 10.2 Å². The lowest BCUT2D eigenvalue weighted by Gasteiger charge is -2.24. The van der Waals surface area contributed by atoms with E-state index in [9.17, 15) is 14.3 Å². The van der Waals surface area contributed by atoms with Crippen molar-refractivity contribution in [2.75, 3.05) is 25.4 Å². The van der Waals surface area contributed by atoms with Crippen molar-refractivity contribution < 1.29 is 14.3 Å². The number of hydrogen-bond acceptors (Lipinski definition) is 4. The minimum atomic E-state index is -0.555. The number of anilines is 1. The minimum absolute atomic E-state index is 0.00284. The summed E-state index contributed by atoms with van der Waals surface area (Å²) < 4.78 is 13.3. The summed E-state index contributed by atoms with van der Waals surface area (Å²) in [5.41, 5.74) is 5.95. The van der Waals surface area contributed by atoms with Gasteiger partial charge < -0.3 is 16.2 Å². The lowest BCUT2D eigenvalue weighted by atomic mass is 9.94.